The van der Waals surface area contributed by atoms with E-state index in [1.807, 2.05) is 0 Å². The van der Waals surface area contributed by atoms with Gasteiger partial charge in [0.1, 0.15) is 0 Å². The van der Waals surface area contributed by atoms with Gasteiger partial charge in [-0.3, -0.25) is 0 Å². The SMILES string of the molecule is c1ccc(-c2cc(-c3ccccc3)c3c4ccccc4c4cc(N5c6ccccc6CCc6ccccc65)ccc4c3c2-c2ccccc2)cc1. The van der Waals surface area contributed by atoms with Crippen LogP contribution in [-0.2, 0) is 12.8 Å². The predicted molar refractivity (Wildman–Crippen MR) is 217 cm³/mol. The van der Waals surface area contributed by atoms with Gasteiger partial charge in [0.05, 0.1) is 0 Å². The summed E-state index contributed by atoms with van der Waals surface area (Å²) >= 11 is 0. The second-order valence-electron chi connectivity index (χ2n) is 13.6. The zero-order chi connectivity index (χ0) is 33.7. The minimum atomic E-state index is 1.02. The predicted octanol–water partition coefficient (Wildman–Crippen LogP) is 13.7. The summed E-state index contributed by atoms with van der Waals surface area (Å²) in [7, 11) is 0. The van der Waals surface area contributed by atoms with Crippen LogP contribution < -0.4 is 4.90 Å². The first kappa shape index (κ1) is 29.5. The average Bonchev–Trinajstić information content (AvgIpc) is 3.38. The van der Waals surface area contributed by atoms with Gasteiger partial charge in [-0.2, -0.15) is 0 Å². The molecule has 240 valence electrons. The summed E-state index contributed by atoms with van der Waals surface area (Å²) in [5.41, 5.74) is 13.9. The zero-order valence-corrected chi connectivity index (χ0v) is 28.3. The fraction of sp³-hybridized carbons (Fsp3) is 0.0400. The van der Waals surface area contributed by atoms with Gasteiger partial charge in [0.2, 0.25) is 0 Å². The molecule has 0 unspecified atom stereocenters. The molecule has 9 aromatic carbocycles. The Hall–Kier alpha value is -6.44. The van der Waals surface area contributed by atoms with E-state index in [-0.39, 0.29) is 0 Å². The number of nitrogens with zero attached hydrogens (tertiary/aromatic N) is 1. The van der Waals surface area contributed by atoms with E-state index >= 15 is 0 Å². The molecule has 10 rings (SSSR count). The van der Waals surface area contributed by atoms with Gasteiger partial charge in [0.15, 0.2) is 0 Å². The lowest BCUT2D eigenvalue weighted by molar-refractivity contribution is 0.977. The van der Waals surface area contributed by atoms with Crippen molar-refractivity contribution in [3.8, 4) is 33.4 Å². The van der Waals surface area contributed by atoms with E-state index in [1.54, 1.807) is 0 Å². The standard InChI is InChI=1S/C50H35N/c1-4-16-34(17-5-1)43-33-44(35-18-6-2-7-19-35)49-41-25-13-12-24-40(41)45-32-39(30-31-42(45)50(49)48(43)38-22-8-3-9-23-38)51-46-26-14-10-20-36(46)28-29-37-21-11-15-27-47(37)51/h1-27,30-33H,28-29H2. The summed E-state index contributed by atoms with van der Waals surface area (Å²) < 4.78 is 0. The van der Waals surface area contributed by atoms with E-state index < -0.39 is 0 Å². The molecule has 0 aromatic heterocycles. The maximum atomic E-state index is 2.49. The van der Waals surface area contributed by atoms with Crippen LogP contribution in [0, 0.1) is 0 Å². The third kappa shape index (κ3) is 4.85. The Balaban J connectivity index is 1.38. The van der Waals surface area contributed by atoms with Crippen LogP contribution >= 0.6 is 0 Å². The number of hydrogen-bond acceptors (Lipinski definition) is 1. The molecular weight excluding hydrogens is 615 g/mol. The number of aryl methyl sites for hydroxylation is 2. The molecule has 1 aliphatic heterocycles. The zero-order valence-electron chi connectivity index (χ0n) is 28.3. The first-order valence-electron chi connectivity index (χ1n) is 17.9. The van der Waals surface area contributed by atoms with Crippen LogP contribution in [0.4, 0.5) is 17.1 Å². The molecule has 0 amide bonds. The van der Waals surface area contributed by atoms with E-state index in [0.29, 0.717) is 0 Å². The van der Waals surface area contributed by atoms with Crippen molar-refractivity contribution in [2.45, 2.75) is 12.8 Å². The smallest absolute Gasteiger partial charge is 0.0493 e. The van der Waals surface area contributed by atoms with Crippen LogP contribution in [0.5, 0.6) is 0 Å². The van der Waals surface area contributed by atoms with E-state index in [9.17, 15) is 0 Å². The molecule has 1 heterocycles. The number of rotatable bonds is 4. The molecule has 0 aliphatic carbocycles. The second kappa shape index (κ2) is 12.2. The van der Waals surface area contributed by atoms with Crippen molar-refractivity contribution in [2.75, 3.05) is 4.90 Å². The first-order chi connectivity index (χ1) is 25.3. The molecule has 0 saturated heterocycles. The van der Waals surface area contributed by atoms with Gasteiger partial charge in [0.25, 0.3) is 0 Å². The minimum Gasteiger partial charge on any atom is -0.310 e. The lowest BCUT2D eigenvalue weighted by atomic mass is 9.81. The van der Waals surface area contributed by atoms with Gasteiger partial charge >= 0.3 is 0 Å². The van der Waals surface area contributed by atoms with Crippen molar-refractivity contribution >= 4 is 49.4 Å². The maximum Gasteiger partial charge on any atom is 0.0493 e. The fourth-order valence-corrected chi connectivity index (χ4v) is 8.43. The van der Waals surface area contributed by atoms with Crippen molar-refractivity contribution < 1.29 is 0 Å². The molecule has 0 bridgehead atoms. The van der Waals surface area contributed by atoms with Crippen LogP contribution in [0.2, 0.25) is 0 Å². The quantitative estimate of drug-likeness (QED) is 0.172. The Morgan fingerprint density at radius 3 is 1.45 bits per heavy atom. The Morgan fingerprint density at radius 1 is 0.333 bits per heavy atom. The molecule has 0 fully saturated rings. The monoisotopic (exact) mass is 649 g/mol. The maximum absolute atomic E-state index is 2.49. The first-order valence-corrected chi connectivity index (χ1v) is 17.9. The van der Waals surface area contributed by atoms with Crippen molar-refractivity contribution in [3.05, 3.63) is 199 Å². The molecule has 0 N–H and O–H groups in total. The summed E-state index contributed by atoms with van der Waals surface area (Å²) in [5, 5.41) is 7.64. The highest BCUT2D eigenvalue weighted by atomic mass is 15.1. The molecule has 1 aliphatic rings. The lowest BCUT2D eigenvalue weighted by Crippen LogP contribution is -2.11. The van der Waals surface area contributed by atoms with Crippen LogP contribution in [0.15, 0.2) is 188 Å². The Morgan fingerprint density at radius 2 is 0.824 bits per heavy atom. The van der Waals surface area contributed by atoms with Gasteiger partial charge in [-0.25, -0.2) is 0 Å². The van der Waals surface area contributed by atoms with E-state index in [2.05, 4.69) is 193 Å². The highest BCUT2D eigenvalue weighted by molar-refractivity contribution is 6.33. The largest absolute Gasteiger partial charge is 0.310 e. The van der Waals surface area contributed by atoms with Crippen molar-refractivity contribution in [1.82, 2.24) is 0 Å². The molecule has 1 heteroatoms. The van der Waals surface area contributed by atoms with Crippen molar-refractivity contribution in [1.29, 1.82) is 0 Å². The fourth-order valence-electron chi connectivity index (χ4n) is 8.43. The number of anilines is 3. The molecule has 0 spiro atoms. The van der Waals surface area contributed by atoms with Gasteiger partial charge in [0, 0.05) is 17.1 Å². The van der Waals surface area contributed by atoms with Gasteiger partial charge in [-0.1, -0.05) is 158 Å². The number of benzene rings is 9. The topological polar surface area (TPSA) is 3.24 Å². The van der Waals surface area contributed by atoms with E-state index in [0.717, 1.165) is 12.8 Å². The molecular formula is C50H35N. The normalized spacial score (nSPS) is 12.5. The molecule has 0 radical (unpaired) electrons. The third-order valence-corrected chi connectivity index (χ3v) is 10.7. The summed E-state index contributed by atoms with van der Waals surface area (Å²) in [6.45, 7) is 0. The molecule has 1 nitrogen and oxygen atoms in total. The molecule has 9 aromatic rings. The summed E-state index contributed by atoms with van der Waals surface area (Å²) in [5.74, 6) is 0. The number of para-hydroxylation sites is 2. The van der Waals surface area contributed by atoms with Crippen LogP contribution in [0.1, 0.15) is 11.1 Å². The average molecular weight is 650 g/mol. The van der Waals surface area contributed by atoms with Crippen molar-refractivity contribution in [2.24, 2.45) is 0 Å². The Kier molecular flexibility index (Phi) is 7.03. The minimum absolute atomic E-state index is 1.02. The highest BCUT2D eigenvalue weighted by Crippen LogP contribution is 2.50. The second-order valence-corrected chi connectivity index (χ2v) is 13.6. The summed E-state index contributed by atoms with van der Waals surface area (Å²) in [6.07, 6.45) is 2.05. The van der Waals surface area contributed by atoms with Crippen LogP contribution in [-0.4, -0.2) is 0 Å². The highest BCUT2D eigenvalue weighted by Gasteiger charge is 2.25. The van der Waals surface area contributed by atoms with Gasteiger partial charge < -0.3 is 4.90 Å². The molecule has 0 saturated carbocycles. The summed E-state index contributed by atoms with van der Waals surface area (Å²) in [6, 6.07) is 69.3. The Labute approximate surface area is 298 Å². The third-order valence-electron chi connectivity index (χ3n) is 10.7. The number of hydrogen-bond donors (Lipinski definition) is 0. The molecule has 51 heavy (non-hydrogen) atoms. The van der Waals surface area contributed by atoms with Crippen LogP contribution in [0.25, 0.3) is 65.7 Å². The van der Waals surface area contributed by atoms with E-state index in [4.69, 9.17) is 0 Å². The number of fused-ring (bicyclic) bond motifs is 8. The molecule has 0 atom stereocenters. The lowest BCUT2D eigenvalue weighted by Gasteiger charge is -2.28. The summed E-state index contributed by atoms with van der Waals surface area (Å²) in [4.78, 5) is 2.49. The van der Waals surface area contributed by atoms with E-state index in [1.165, 1.54) is 93.9 Å². The van der Waals surface area contributed by atoms with Crippen molar-refractivity contribution in [3.63, 3.8) is 0 Å². The Bertz CT molecular complexity index is 2680. The van der Waals surface area contributed by atoms with Crippen LogP contribution in [0.3, 0.4) is 0 Å². The van der Waals surface area contributed by atoms with Gasteiger partial charge in [-0.15, -0.1) is 0 Å². The van der Waals surface area contributed by atoms with Gasteiger partial charge in [-0.05, 0) is 120 Å².